The molecule has 1 aromatic rings. The number of carboxylic acid groups (broad SMARTS) is 1. The second-order valence-corrected chi connectivity index (χ2v) is 4.88. The molecule has 1 fully saturated rings. The van der Waals surface area contributed by atoms with Gasteiger partial charge in [0.05, 0.1) is 7.11 Å². The highest BCUT2D eigenvalue weighted by Crippen LogP contribution is 2.35. The fourth-order valence-corrected chi connectivity index (χ4v) is 2.28. The lowest BCUT2D eigenvalue weighted by Crippen LogP contribution is -2.39. The lowest BCUT2D eigenvalue weighted by Gasteiger charge is -2.24. The number of likely N-dealkylation sites (N-methyl/N-ethyl adjacent to an activating group) is 1. The lowest BCUT2D eigenvalue weighted by molar-refractivity contribution is -0.143. The molecule has 4 heteroatoms. The lowest BCUT2D eigenvalue weighted by atomic mass is 10.1. The Balaban J connectivity index is 2.00. The fourth-order valence-electron chi connectivity index (χ4n) is 2.28. The number of carboxylic acids is 1. The third-order valence-corrected chi connectivity index (χ3v) is 3.39. The Hall–Kier alpha value is -1.55. The maximum Gasteiger partial charge on any atom is 0.321 e. The highest BCUT2D eigenvalue weighted by atomic mass is 16.5. The first-order chi connectivity index (χ1) is 8.61. The highest BCUT2D eigenvalue weighted by molar-refractivity contribution is 5.74. The molecule has 0 aromatic heterocycles. The molecule has 2 rings (SSSR count). The van der Waals surface area contributed by atoms with Crippen molar-refractivity contribution in [3.63, 3.8) is 0 Å². The molecule has 4 nitrogen and oxygen atoms in total. The van der Waals surface area contributed by atoms with E-state index >= 15 is 0 Å². The summed E-state index contributed by atoms with van der Waals surface area (Å²) < 4.78 is 5.10. The second-order valence-electron chi connectivity index (χ2n) is 4.88. The summed E-state index contributed by atoms with van der Waals surface area (Å²) in [5, 5.41) is 9.25. The van der Waals surface area contributed by atoms with E-state index < -0.39 is 5.97 Å². The molecule has 0 amide bonds. The van der Waals surface area contributed by atoms with Gasteiger partial charge in [0.2, 0.25) is 0 Å². The Kier molecular flexibility index (Phi) is 3.87. The smallest absolute Gasteiger partial charge is 0.321 e. The van der Waals surface area contributed by atoms with E-state index in [0.717, 1.165) is 24.2 Å². The molecule has 0 spiro atoms. The molecule has 1 aliphatic carbocycles. The van der Waals surface area contributed by atoms with Crippen LogP contribution in [0.15, 0.2) is 24.3 Å². The molecule has 1 N–H and O–H groups in total. The maximum absolute atomic E-state index is 11.3. The van der Waals surface area contributed by atoms with Crippen LogP contribution in [0.4, 0.5) is 0 Å². The average Bonchev–Trinajstić information content (AvgIpc) is 3.14. The number of rotatable bonds is 6. The van der Waals surface area contributed by atoms with Crippen molar-refractivity contribution in [2.75, 3.05) is 14.2 Å². The van der Waals surface area contributed by atoms with Gasteiger partial charge in [0.1, 0.15) is 11.8 Å². The summed E-state index contributed by atoms with van der Waals surface area (Å²) in [5.74, 6) is 0.428. The highest BCUT2D eigenvalue weighted by Gasteiger charge is 2.38. The van der Waals surface area contributed by atoms with E-state index in [-0.39, 0.29) is 6.04 Å². The summed E-state index contributed by atoms with van der Waals surface area (Å²) in [6, 6.07) is 7.39. The third-order valence-electron chi connectivity index (χ3n) is 3.39. The topological polar surface area (TPSA) is 49.8 Å². The zero-order valence-electron chi connectivity index (χ0n) is 10.8. The molecular weight excluding hydrogens is 230 g/mol. The summed E-state index contributed by atoms with van der Waals surface area (Å²) in [5.41, 5.74) is 1.10. The Morgan fingerprint density at radius 1 is 1.44 bits per heavy atom. The Labute approximate surface area is 107 Å². The quantitative estimate of drug-likeness (QED) is 0.837. The van der Waals surface area contributed by atoms with E-state index in [9.17, 15) is 9.90 Å². The summed E-state index contributed by atoms with van der Waals surface area (Å²) in [4.78, 5) is 13.2. The van der Waals surface area contributed by atoms with Crippen LogP contribution >= 0.6 is 0 Å². The number of carbonyl (C=O) groups is 1. The summed E-state index contributed by atoms with van der Waals surface area (Å²) >= 11 is 0. The van der Waals surface area contributed by atoms with Crippen molar-refractivity contribution in [3.05, 3.63) is 29.8 Å². The number of benzene rings is 1. The Bertz CT molecular complexity index is 412. The van der Waals surface area contributed by atoms with E-state index in [0.29, 0.717) is 12.5 Å². The molecule has 0 radical (unpaired) electrons. The van der Waals surface area contributed by atoms with Crippen molar-refractivity contribution in [1.29, 1.82) is 0 Å². The molecule has 0 saturated heterocycles. The number of hydrogen-bond acceptors (Lipinski definition) is 3. The molecule has 0 bridgehead atoms. The molecule has 1 unspecified atom stereocenters. The van der Waals surface area contributed by atoms with Gasteiger partial charge in [-0.1, -0.05) is 12.1 Å². The van der Waals surface area contributed by atoms with Crippen molar-refractivity contribution in [1.82, 2.24) is 4.90 Å². The Morgan fingerprint density at radius 3 is 2.50 bits per heavy atom. The number of hydrogen-bond donors (Lipinski definition) is 1. The average molecular weight is 249 g/mol. The van der Waals surface area contributed by atoms with E-state index in [4.69, 9.17) is 4.74 Å². The van der Waals surface area contributed by atoms with Gasteiger partial charge in [-0.15, -0.1) is 0 Å². The van der Waals surface area contributed by atoms with Crippen LogP contribution < -0.4 is 4.74 Å². The van der Waals surface area contributed by atoms with Crippen LogP contribution in [0.2, 0.25) is 0 Å². The third kappa shape index (κ3) is 3.01. The molecule has 98 valence electrons. The molecule has 1 aromatic carbocycles. The molecule has 18 heavy (non-hydrogen) atoms. The van der Waals surface area contributed by atoms with E-state index in [1.165, 1.54) is 0 Å². The monoisotopic (exact) mass is 249 g/mol. The van der Waals surface area contributed by atoms with Gasteiger partial charge in [-0.05, 0) is 43.5 Å². The van der Waals surface area contributed by atoms with E-state index in [1.807, 2.05) is 36.2 Å². The fraction of sp³-hybridized carbons (Fsp3) is 0.500. The van der Waals surface area contributed by atoms with Crippen molar-refractivity contribution in [2.45, 2.75) is 25.4 Å². The largest absolute Gasteiger partial charge is 0.497 e. The van der Waals surface area contributed by atoms with E-state index in [2.05, 4.69) is 0 Å². The first-order valence-electron chi connectivity index (χ1n) is 6.18. The van der Waals surface area contributed by atoms with Crippen LogP contribution in [-0.4, -0.2) is 36.2 Å². The van der Waals surface area contributed by atoms with Crippen molar-refractivity contribution >= 4 is 5.97 Å². The molecule has 1 aliphatic rings. The van der Waals surface area contributed by atoms with Crippen LogP contribution in [0.25, 0.3) is 0 Å². The number of aliphatic carboxylic acids is 1. The minimum absolute atomic E-state index is 0.325. The predicted octanol–water partition coefficient (Wildman–Crippen LogP) is 1.99. The SMILES string of the molecule is COc1ccc(CN(C)C(C(=O)O)C2CC2)cc1. The minimum atomic E-state index is -0.714. The van der Waals surface area contributed by atoms with E-state index in [1.54, 1.807) is 7.11 Å². The van der Waals surface area contributed by atoms with Gasteiger partial charge < -0.3 is 9.84 Å². The van der Waals surface area contributed by atoms with Gasteiger partial charge in [0, 0.05) is 6.54 Å². The van der Waals surface area contributed by atoms with Crippen LogP contribution in [0, 0.1) is 5.92 Å². The van der Waals surface area contributed by atoms with Gasteiger partial charge in [-0.2, -0.15) is 0 Å². The van der Waals surface area contributed by atoms with Crippen molar-refractivity contribution < 1.29 is 14.6 Å². The zero-order chi connectivity index (χ0) is 13.1. The Morgan fingerprint density at radius 2 is 2.06 bits per heavy atom. The van der Waals surface area contributed by atoms with Crippen molar-refractivity contribution in [3.8, 4) is 5.75 Å². The summed E-state index contributed by atoms with van der Waals surface area (Å²) in [6.07, 6.45) is 2.06. The summed E-state index contributed by atoms with van der Waals surface area (Å²) in [7, 11) is 3.51. The molecular formula is C14H19NO3. The van der Waals surface area contributed by atoms with Gasteiger partial charge in [-0.3, -0.25) is 9.69 Å². The van der Waals surface area contributed by atoms with Crippen LogP contribution in [0.5, 0.6) is 5.75 Å². The molecule has 0 heterocycles. The first kappa shape index (κ1) is 12.9. The number of ether oxygens (including phenoxy) is 1. The van der Waals surface area contributed by atoms with Crippen LogP contribution in [0.3, 0.4) is 0 Å². The van der Waals surface area contributed by atoms with Crippen molar-refractivity contribution in [2.24, 2.45) is 5.92 Å². The maximum atomic E-state index is 11.3. The van der Waals surface area contributed by atoms with Gasteiger partial charge in [0.15, 0.2) is 0 Å². The zero-order valence-corrected chi connectivity index (χ0v) is 10.8. The van der Waals surface area contributed by atoms with Gasteiger partial charge >= 0.3 is 5.97 Å². The second kappa shape index (κ2) is 5.40. The predicted molar refractivity (Wildman–Crippen MR) is 68.6 cm³/mol. The number of nitrogens with zero attached hydrogens (tertiary/aromatic N) is 1. The van der Waals surface area contributed by atoms with Gasteiger partial charge in [-0.25, -0.2) is 0 Å². The van der Waals surface area contributed by atoms with Crippen LogP contribution in [-0.2, 0) is 11.3 Å². The molecule has 1 saturated carbocycles. The number of methoxy groups -OCH3 is 1. The van der Waals surface area contributed by atoms with Gasteiger partial charge in [0.25, 0.3) is 0 Å². The minimum Gasteiger partial charge on any atom is -0.497 e. The summed E-state index contributed by atoms with van der Waals surface area (Å²) in [6.45, 7) is 0.650. The first-order valence-corrected chi connectivity index (χ1v) is 6.18. The van der Waals surface area contributed by atoms with Crippen LogP contribution in [0.1, 0.15) is 18.4 Å². The molecule has 1 atom stereocenters. The normalized spacial score (nSPS) is 16.6. The standard InChI is InChI=1S/C14H19NO3/c1-15(13(14(16)17)11-5-6-11)9-10-3-7-12(18-2)8-4-10/h3-4,7-8,11,13H,5-6,9H2,1-2H3,(H,16,17). The molecule has 0 aliphatic heterocycles.